The quantitative estimate of drug-likeness (QED) is 0.773. The number of nitrogens with two attached hydrogens (primary N) is 1. The van der Waals surface area contributed by atoms with E-state index in [1.165, 1.54) is 43.4 Å². The maximum atomic E-state index is 6.32. The van der Waals surface area contributed by atoms with Gasteiger partial charge in [-0.25, -0.2) is 0 Å². The molecular formula is C17H28N2. The second-order valence-electron chi connectivity index (χ2n) is 5.93. The molecule has 0 aromatic heterocycles. The first-order valence-electron chi connectivity index (χ1n) is 7.77. The van der Waals surface area contributed by atoms with Gasteiger partial charge in [0.15, 0.2) is 0 Å². The normalized spacial score (nSPS) is 16.8. The van der Waals surface area contributed by atoms with Gasteiger partial charge in [0.2, 0.25) is 0 Å². The summed E-state index contributed by atoms with van der Waals surface area (Å²) >= 11 is 0. The lowest BCUT2D eigenvalue weighted by Gasteiger charge is -2.23. The lowest BCUT2D eigenvalue weighted by molar-refractivity contribution is 0.249. The third kappa shape index (κ3) is 4.63. The number of aryl methyl sites for hydroxylation is 1. The first-order valence-corrected chi connectivity index (χ1v) is 7.77. The van der Waals surface area contributed by atoms with E-state index >= 15 is 0 Å². The van der Waals surface area contributed by atoms with E-state index in [0.717, 1.165) is 19.0 Å². The monoisotopic (exact) mass is 260 g/mol. The van der Waals surface area contributed by atoms with Crippen molar-refractivity contribution in [2.24, 2.45) is 5.73 Å². The lowest BCUT2D eigenvalue weighted by Crippen LogP contribution is -2.30. The molecule has 2 heteroatoms. The zero-order valence-corrected chi connectivity index (χ0v) is 12.4. The number of hydrogen-bond donors (Lipinski definition) is 1. The average molecular weight is 260 g/mol. The van der Waals surface area contributed by atoms with Crippen molar-refractivity contribution in [2.45, 2.75) is 58.0 Å². The van der Waals surface area contributed by atoms with Crippen LogP contribution in [0.2, 0.25) is 0 Å². The van der Waals surface area contributed by atoms with Gasteiger partial charge in [0.1, 0.15) is 0 Å². The largest absolute Gasteiger partial charge is 0.324 e. The summed E-state index contributed by atoms with van der Waals surface area (Å²) in [6, 6.07) is 9.71. The second-order valence-corrected chi connectivity index (χ2v) is 5.93. The van der Waals surface area contributed by atoms with Gasteiger partial charge >= 0.3 is 0 Å². The Morgan fingerprint density at radius 2 is 1.89 bits per heavy atom. The molecule has 1 aliphatic rings. The third-order valence-corrected chi connectivity index (χ3v) is 4.09. The molecular weight excluding hydrogens is 232 g/mol. The highest BCUT2D eigenvalue weighted by molar-refractivity contribution is 5.23. The molecule has 2 N–H and O–H groups in total. The van der Waals surface area contributed by atoms with Crippen LogP contribution < -0.4 is 5.73 Å². The van der Waals surface area contributed by atoms with Crippen LogP contribution >= 0.6 is 0 Å². The number of unbranched alkanes of at least 4 members (excludes halogenated alkanes) is 1. The van der Waals surface area contributed by atoms with Crippen LogP contribution in [0, 0.1) is 6.92 Å². The average Bonchev–Trinajstić information content (AvgIpc) is 3.24. The highest BCUT2D eigenvalue weighted by Gasteiger charge is 2.28. The molecule has 106 valence electrons. The molecule has 0 aliphatic heterocycles. The van der Waals surface area contributed by atoms with Gasteiger partial charge in [0.25, 0.3) is 0 Å². The predicted octanol–water partition coefficient (Wildman–Crippen LogP) is 3.65. The summed E-state index contributed by atoms with van der Waals surface area (Å²) in [6.45, 7) is 6.79. The maximum Gasteiger partial charge on any atom is 0.0307 e. The van der Waals surface area contributed by atoms with E-state index in [1.54, 1.807) is 0 Å². The number of hydrogen-bond acceptors (Lipinski definition) is 2. The molecule has 19 heavy (non-hydrogen) atoms. The van der Waals surface area contributed by atoms with E-state index in [-0.39, 0.29) is 6.04 Å². The molecule has 1 aromatic rings. The Morgan fingerprint density at radius 1 is 1.21 bits per heavy atom. The highest BCUT2D eigenvalue weighted by Crippen LogP contribution is 2.28. The van der Waals surface area contributed by atoms with Gasteiger partial charge in [-0.1, -0.05) is 43.2 Å². The summed E-state index contributed by atoms with van der Waals surface area (Å²) in [5, 5.41) is 0. The van der Waals surface area contributed by atoms with Gasteiger partial charge in [0.05, 0.1) is 0 Å². The first-order chi connectivity index (χ1) is 9.20. The van der Waals surface area contributed by atoms with Crippen molar-refractivity contribution >= 4 is 0 Å². The van der Waals surface area contributed by atoms with Gasteiger partial charge in [-0.15, -0.1) is 0 Å². The number of rotatable bonds is 8. The van der Waals surface area contributed by atoms with Gasteiger partial charge in [-0.05, 0) is 44.7 Å². The SMILES string of the molecule is CCCCN(CCC(N)c1ccc(C)cc1)C1CC1. The summed E-state index contributed by atoms with van der Waals surface area (Å²) in [5.41, 5.74) is 8.89. The van der Waals surface area contributed by atoms with Crippen molar-refractivity contribution in [2.75, 3.05) is 13.1 Å². The van der Waals surface area contributed by atoms with E-state index < -0.39 is 0 Å². The van der Waals surface area contributed by atoms with Crippen LogP contribution in [-0.2, 0) is 0 Å². The van der Waals surface area contributed by atoms with Crippen molar-refractivity contribution < 1.29 is 0 Å². The number of nitrogens with zero attached hydrogens (tertiary/aromatic N) is 1. The molecule has 0 bridgehead atoms. The standard InChI is InChI=1S/C17H28N2/c1-3-4-12-19(16-9-10-16)13-11-17(18)15-7-5-14(2)6-8-15/h5-8,16-17H,3-4,9-13,18H2,1-2H3. The molecule has 1 unspecified atom stereocenters. The fourth-order valence-corrected chi connectivity index (χ4v) is 2.56. The molecule has 1 atom stereocenters. The smallest absolute Gasteiger partial charge is 0.0307 e. The zero-order chi connectivity index (χ0) is 13.7. The Morgan fingerprint density at radius 3 is 2.47 bits per heavy atom. The minimum absolute atomic E-state index is 0.184. The van der Waals surface area contributed by atoms with Crippen LogP contribution in [-0.4, -0.2) is 24.0 Å². The minimum atomic E-state index is 0.184. The van der Waals surface area contributed by atoms with Gasteiger partial charge in [-0.3, -0.25) is 0 Å². The Hall–Kier alpha value is -0.860. The summed E-state index contributed by atoms with van der Waals surface area (Å²) in [7, 11) is 0. The molecule has 0 heterocycles. The van der Waals surface area contributed by atoms with E-state index in [1.807, 2.05) is 0 Å². The molecule has 2 nitrogen and oxygen atoms in total. The Balaban J connectivity index is 1.80. The van der Waals surface area contributed by atoms with Crippen molar-refractivity contribution in [1.82, 2.24) is 4.90 Å². The van der Waals surface area contributed by atoms with E-state index in [4.69, 9.17) is 5.73 Å². The van der Waals surface area contributed by atoms with Crippen LogP contribution in [0.15, 0.2) is 24.3 Å². The molecule has 1 fully saturated rings. The van der Waals surface area contributed by atoms with Crippen LogP contribution in [0.25, 0.3) is 0 Å². The van der Waals surface area contributed by atoms with Crippen molar-refractivity contribution in [1.29, 1.82) is 0 Å². The molecule has 1 saturated carbocycles. The van der Waals surface area contributed by atoms with Crippen LogP contribution in [0.1, 0.15) is 56.2 Å². The van der Waals surface area contributed by atoms with Crippen LogP contribution in [0.4, 0.5) is 0 Å². The summed E-state index contributed by atoms with van der Waals surface area (Å²) < 4.78 is 0. The molecule has 0 saturated heterocycles. The van der Waals surface area contributed by atoms with E-state index in [2.05, 4.69) is 43.0 Å². The molecule has 2 rings (SSSR count). The van der Waals surface area contributed by atoms with Crippen LogP contribution in [0.5, 0.6) is 0 Å². The number of benzene rings is 1. The van der Waals surface area contributed by atoms with Crippen molar-refractivity contribution in [3.05, 3.63) is 35.4 Å². The first kappa shape index (κ1) is 14.5. The molecule has 0 spiro atoms. The fraction of sp³-hybridized carbons (Fsp3) is 0.647. The van der Waals surface area contributed by atoms with Gasteiger partial charge < -0.3 is 10.6 Å². The summed E-state index contributed by atoms with van der Waals surface area (Å²) in [6.07, 6.45) is 6.46. The van der Waals surface area contributed by atoms with Gasteiger partial charge in [-0.2, -0.15) is 0 Å². The highest BCUT2D eigenvalue weighted by atomic mass is 15.2. The van der Waals surface area contributed by atoms with E-state index in [9.17, 15) is 0 Å². The summed E-state index contributed by atoms with van der Waals surface area (Å²) in [4.78, 5) is 2.65. The third-order valence-electron chi connectivity index (χ3n) is 4.09. The second kappa shape index (κ2) is 7.06. The Kier molecular flexibility index (Phi) is 5.41. The Labute approximate surface area is 118 Å². The Bertz CT molecular complexity index is 367. The summed E-state index contributed by atoms with van der Waals surface area (Å²) in [5.74, 6) is 0. The minimum Gasteiger partial charge on any atom is -0.324 e. The molecule has 0 amide bonds. The molecule has 1 aliphatic carbocycles. The van der Waals surface area contributed by atoms with Crippen molar-refractivity contribution in [3.8, 4) is 0 Å². The predicted molar refractivity (Wildman–Crippen MR) is 82.2 cm³/mol. The van der Waals surface area contributed by atoms with Crippen LogP contribution in [0.3, 0.4) is 0 Å². The molecule has 1 aromatic carbocycles. The molecule has 0 radical (unpaired) electrons. The van der Waals surface area contributed by atoms with Gasteiger partial charge in [0, 0.05) is 18.6 Å². The maximum absolute atomic E-state index is 6.32. The van der Waals surface area contributed by atoms with Crippen molar-refractivity contribution in [3.63, 3.8) is 0 Å². The topological polar surface area (TPSA) is 29.3 Å². The lowest BCUT2D eigenvalue weighted by atomic mass is 10.0. The fourth-order valence-electron chi connectivity index (χ4n) is 2.56. The zero-order valence-electron chi connectivity index (χ0n) is 12.4. The van der Waals surface area contributed by atoms with E-state index in [0.29, 0.717) is 0 Å².